The smallest absolute Gasteiger partial charge is 0.417 e. The van der Waals surface area contributed by atoms with E-state index < -0.39 is 11.7 Å². The van der Waals surface area contributed by atoms with Crippen LogP contribution in [-0.2, 0) is 19.0 Å². The molecular weight excluding hydrogens is 483 g/mol. The van der Waals surface area contributed by atoms with Gasteiger partial charge in [0.2, 0.25) is 5.95 Å². The molecular formula is C24H19ClF3N5O2. The van der Waals surface area contributed by atoms with E-state index in [4.69, 9.17) is 16.3 Å². The Morgan fingerprint density at radius 1 is 0.971 bits per heavy atom. The summed E-state index contributed by atoms with van der Waals surface area (Å²) < 4.78 is 44.6. The zero-order valence-electron chi connectivity index (χ0n) is 18.1. The van der Waals surface area contributed by atoms with Gasteiger partial charge in [0, 0.05) is 30.9 Å². The Kier molecular flexibility index (Phi) is 7.31. The van der Waals surface area contributed by atoms with E-state index in [1.165, 1.54) is 12.3 Å². The molecule has 0 aliphatic carbocycles. The number of nitrogens with one attached hydrogen (secondary N) is 2. The number of hydrogen-bond acceptors (Lipinski definition) is 6. The normalized spacial score (nSPS) is 11.3. The van der Waals surface area contributed by atoms with Gasteiger partial charge in [0.05, 0.1) is 16.8 Å². The van der Waals surface area contributed by atoms with Crippen LogP contribution in [0.15, 0.2) is 71.9 Å². The number of hydrogen-bond donors (Lipinski definition) is 2. The molecule has 2 aromatic carbocycles. The van der Waals surface area contributed by atoms with Crippen LogP contribution in [0, 0.1) is 0 Å². The Labute approximate surface area is 203 Å². The van der Waals surface area contributed by atoms with Crippen molar-refractivity contribution in [3.05, 3.63) is 105 Å². The van der Waals surface area contributed by atoms with Gasteiger partial charge in [-0.1, -0.05) is 23.7 Å². The molecule has 4 rings (SSSR count). The lowest BCUT2D eigenvalue weighted by Gasteiger charge is -2.12. The summed E-state index contributed by atoms with van der Waals surface area (Å²) >= 11 is 5.64. The van der Waals surface area contributed by atoms with Crippen molar-refractivity contribution in [1.29, 1.82) is 0 Å². The molecule has 0 aliphatic heterocycles. The van der Waals surface area contributed by atoms with Gasteiger partial charge < -0.3 is 10.1 Å². The Morgan fingerprint density at radius 3 is 2.43 bits per heavy atom. The van der Waals surface area contributed by atoms with Crippen LogP contribution in [0.2, 0.25) is 5.02 Å². The number of nitrogens with zero attached hydrogens (tertiary/aromatic N) is 3. The topological polar surface area (TPSA) is 92.8 Å². The van der Waals surface area contributed by atoms with E-state index in [1.54, 1.807) is 42.7 Å². The molecule has 0 amide bonds. The molecule has 0 aliphatic rings. The summed E-state index contributed by atoms with van der Waals surface area (Å²) in [7, 11) is 0. The fourth-order valence-electron chi connectivity index (χ4n) is 3.25. The highest BCUT2D eigenvalue weighted by Crippen LogP contribution is 2.37. The Bertz CT molecular complexity index is 1350. The summed E-state index contributed by atoms with van der Waals surface area (Å²) in [5, 5.41) is 10.2. The maximum Gasteiger partial charge on any atom is 0.417 e. The van der Waals surface area contributed by atoms with Crippen LogP contribution in [0.1, 0.15) is 22.3 Å². The third-order valence-corrected chi connectivity index (χ3v) is 5.35. The van der Waals surface area contributed by atoms with Gasteiger partial charge in [0.1, 0.15) is 11.5 Å². The molecule has 0 fully saturated rings. The number of aromatic amines is 1. The Morgan fingerprint density at radius 2 is 1.74 bits per heavy atom. The molecule has 2 aromatic heterocycles. The second-order valence-electron chi connectivity index (χ2n) is 7.58. The zero-order valence-corrected chi connectivity index (χ0v) is 18.9. The van der Waals surface area contributed by atoms with Crippen LogP contribution in [-0.4, -0.2) is 26.7 Å². The predicted molar refractivity (Wildman–Crippen MR) is 125 cm³/mol. The molecule has 11 heteroatoms. The van der Waals surface area contributed by atoms with Crippen molar-refractivity contribution in [2.45, 2.75) is 19.0 Å². The second kappa shape index (κ2) is 10.6. The number of alkyl halides is 3. The highest BCUT2D eigenvalue weighted by Gasteiger charge is 2.33. The van der Waals surface area contributed by atoms with Crippen LogP contribution >= 0.6 is 11.6 Å². The number of rotatable bonds is 8. The molecule has 0 bridgehead atoms. The minimum absolute atomic E-state index is 0.0369. The zero-order chi connectivity index (χ0) is 24.8. The minimum Gasteiger partial charge on any atom is -0.457 e. The predicted octanol–water partition coefficient (Wildman–Crippen LogP) is 5.27. The molecule has 0 spiro atoms. The third kappa shape index (κ3) is 6.57. The molecule has 35 heavy (non-hydrogen) atoms. The van der Waals surface area contributed by atoms with E-state index in [0.29, 0.717) is 36.6 Å². The van der Waals surface area contributed by atoms with Crippen molar-refractivity contribution < 1.29 is 17.9 Å². The molecule has 0 radical (unpaired) electrons. The maximum absolute atomic E-state index is 13.0. The SMILES string of the molecule is O=c1[nH]c(NCCc2ccc(Oc3ccc(Cl)c(C(F)(F)F)c3)cc2)ncc1Cc1ccnnc1. The summed E-state index contributed by atoms with van der Waals surface area (Å²) in [6, 6.07) is 12.1. The van der Waals surface area contributed by atoms with Crippen LogP contribution in [0.25, 0.3) is 0 Å². The van der Waals surface area contributed by atoms with Gasteiger partial charge in [0.25, 0.3) is 5.56 Å². The summed E-state index contributed by atoms with van der Waals surface area (Å²) in [6.45, 7) is 0.503. The summed E-state index contributed by atoms with van der Waals surface area (Å²) in [6.07, 6.45) is 1.14. The molecule has 2 N–H and O–H groups in total. The second-order valence-corrected chi connectivity index (χ2v) is 7.98. The largest absolute Gasteiger partial charge is 0.457 e. The first kappa shape index (κ1) is 24.2. The number of H-pyrrole nitrogens is 1. The van der Waals surface area contributed by atoms with E-state index in [9.17, 15) is 18.0 Å². The number of anilines is 1. The number of ether oxygens (including phenoxy) is 1. The monoisotopic (exact) mass is 501 g/mol. The van der Waals surface area contributed by atoms with Gasteiger partial charge in [-0.25, -0.2) is 4.98 Å². The number of aromatic nitrogens is 4. The molecule has 0 saturated heterocycles. The van der Waals surface area contributed by atoms with Crippen molar-refractivity contribution in [2.24, 2.45) is 0 Å². The lowest BCUT2D eigenvalue weighted by molar-refractivity contribution is -0.137. The van der Waals surface area contributed by atoms with Crippen LogP contribution in [0.3, 0.4) is 0 Å². The van der Waals surface area contributed by atoms with E-state index in [-0.39, 0.29) is 16.3 Å². The van der Waals surface area contributed by atoms with E-state index in [0.717, 1.165) is 23.3 Å². The first-order valence-electron chi connectivity index (χ1n) is 10.5. The van der Waals surface area contributed by atoms with Crippen LogP contribution in [0.4, 0.5) is 19.1 Å². The minimum atomic E-state index is -4.57. The number of benzene rings is 2. The molecule has 0 atom stereocenters. The third-order valence-electron chi connectivity index (χ3n) is 5.02. The van der Waals surface area contributed by atoms with E-state index in [1.807, 2.05) is 0 Å². The van der Waals surface area contributed by atoms with Gasteiger partial charge >= 0.3 is 6.18 Å². The van der Waals surface area contributed by atoms with Crippen LogP contribution in [0.5, 0.6) is 11.5 Å². The quantitative estimate of drug-likeness (QED) is 0.342. The molecule has 4 aromatic rings. The van der Waals surface area contributed by atoms with Crippen molar-refractivity contribution >= 4 is 17.5 Å². The van der Waals surface area contributed by atoms with Gasteiger partial charge in [-0.3, -0.25) is 9.78 Å². The molecule has 0 saturated carbocycles. The van der Waals surface area contributed by atoms with Crippen LogP contribution < -0.4 is 15.6 Å². The van der Waals surface area contributed by atoms with Crippen molar-refractivity contribution in [2.75, 3.05) is 11.9 Å². The first-order valence-corrected chi connectivity index (χ1v) is 10.9. The van der Waals surface area contributed by atoms with E-state index in [2.05, 4.69) is 25.5 Å². The van der Waals surface area contributed by atoms with Gasteiger partial charge in [-0.2, -0.15) is 23.4 Å². The Balaban J connectivity index is 1.30. The first-order chi connectivity index (χ1) is 16.8. The average molecular weight is 502 g/mol. The number of halogens is 4. The summed E-state index contributed by atoms with van der Waals surface area (Å²) in [5.74, 6) is 0.785. The molecule has 0 unspecified atom stereocenters. The standard InChI is InChI=1S/C24H19ClF3N5O2/c25-21-6-5-19(12-20(21)24(26,27)28)35-18-3-1-15(2-4-18)7-9-29-23-30-14-17(22(34)33-23)11-16-8-10-31-32-13-16/h1-6,8,10,12-14H,7,9,11H2,(H2,29,30,33,34). The molecule has 180 valence electrons. The fraction of sp³-hybridized carbons (Fsp3) is 0.167. The molecule has 7 nitrogen and oxygen atoms in total. The highest BCUT2D eigenvalue weighted by atomic mass is 35.5. The van der Waals surface area contributed by atoms with Crippen molar-refractivity contribution in [3.63, 3.8) is 0 Å². The highest BCUT2D eigenvalue weighted by molar-refractivity contribution is 6.31. The van der Waals surface area contributed by atoms with Crippen molar-refractivity contribution in [3.8, 4) is 11.5 Å². The lowest BCUT2D eigenvalue weighted by Crippen LogP contribution is -2.18. The average Bonchev–Trinajstić information content (AvgIpc) is 2.83. The van der Waals surface area contributed by atoms with Gasteiger partial charge in [-0.15, -0.1) is 0 Å². The van der Waals surface area contributed by atoms with E-state index >= 15 is 0 Å². The summed E-state index contributed by atoms with van der Waals surface area (Å²) in [4.78, 5) is 19.3. The fourth-order valence-corrected chi connectivity index (χ4v) is 3.47. The van der Waals surface area contributed by atoms with Gasteiger partial charge in [0.15, 0.2) is 0 Å². The summed E-state index contributed by atoms with van der Waals surface area (Å²) in [5.41, 5.74) is 1.14. The maximum atomic E-state index is 13.0. The molecule has 2 heterocycles. The van der Waals surface area contributed by atoms with Crippen molar-refractivity contribution in [1.82, 2.24) is 20.2 Å². The lowest BCUT2D eigenvalue weighted by atomic mass is 10.1. The Hall–Kier alpha value is -3.92. The van der Waals surface area contributed by atoms with Gasteiger partial charge in [-0.05, 0) is 53.9 Å².